The average Bonchev–Trinajstić information content (AvgIpc) is 2.66. The van der Waals surface area contributed by atoms with E-state index in [1.165, 1.54) is 20.4 Å². The highest BCUT2D eigenvalue weighted by molar-refractivity contribution is 14.1. The fourth-order valence-electron chi connectivity index (χ4n) is 2.20. The Labute approximate surface area is 170 Å². The molecule has 0 aliphatic heterocycles. The number of benzene rings is 2. The van der Waals surface area contributed by atoms with Gasteiger partial charge in [-0.15, -0.1) is 0 Å². The standard InChI is InChI=1S/C19H19IN2O5/c1-12-6-4-5-7-14(12)19(24)22-21-10-13-8-15(20)18(16(9-13)25-2)27-11-17(23)26-3/h4-10H,11H2,1-3H3,(H,22,24)/b21-10-. The number of nitrogens with zero attached hydrogens (tertiary/aromatic N) is 1. The summed E-state index contributed by atoms with van der Waals surface area (Å²) in [4.78, 5) is 23.4. The maximum Gasteiger partial charge on any atom is 0.343 e. The van der Waals surface area contributed by atoms with Crippen molar-refractivity contribution in [2.75, 3.05) is 20.8 Å². The van der Waals surface area contributed by atoms with Gasteiger partial charge in [-0.05, 0) is 58.8 Å². The van der Waals surface area contributed by atoms with E-state index in [1.54, 1.807) is 24.3 Å². The summed E-state index contributed by atoms with van der Waals surface area (Å²) in [5.41, 5.74) is 4.64. The number of hydrazone groups is 1. The summed E-state index contributed by atoms with van der Waals surface area (Å²) < 4.78 is 16.1. The van der Waals surface area contributed by atoms with Crippen molar-refractivity contribution >= 4 is 40.7 Å². The lowest BCUT2D eigenvalue weighted by Crippen LogP contribution is -2.18. The second-order valence-electron chi connectivity index (χ2n) is 5.41. The van der Waals surface area contributed by atoms with Crippen molar-refractivity contribution in [1.82, 2.24) is 5.43 Å². The molecule has 1 amide bonds. The van der Waals surface area contributed by atoms with Gasteiger partial charge in [0.05, 0.1) is 24.0 Å². The van der Waals surface area contributed by atoms with Gasteiger partial charge in [0, 0.05) is 5.56 Å². The summed E-state index contributed by atoms with van der Waals surface area (Å²) in [6.45, 7) is 1.64. The van der Waals surface area contributed by atoms with Gasteiger partial charge in [0.25, 0.3) is 5.91 Å². The van der Waals surface area contributed by atoms with E-state index in [2.05, 4.69) is 37.9 Å². The smallest absolute Gasteiger partial charge is 0.343 e. The lowest BCUT2D eigenvalue weighted by Gasteiger charge is -2.12. The van der Waals surface area contributed by atoms with Crippen molar-refractivity contribution in [1.29, 1.82) is 0 Å². The third-order valence-corrected chi connectivity index (χ3v) is 4.38. The molecule has 1 N–H and O–H groups in total. The van der Waals surface area contributed by atoms with Crippen LogP contribution in [-0.4, -0.2) is 38.9 Å². The van der Waals surface area contributed by atoms with Crippen LogP contribution in [0.2, 0.25) is 0 Å². The zero-order chi connectivity index (χ0) is 19.8. The van der Waals surface area contributed by atoms with Crippen molar-refractivity contribution in [2.24, 2.45) is 5.10 Å². The van der Waals surface area contributed by atoms with E-state index in [4.69, 9.17) is 9.47 Å². The van der Waals surface area contributed by atoms with Gasteiger partial charge in [0.2, 0.25) is 0 Å². The second kappa shape index (κ2) is 9.91. The molecule has 0 unspecified atom stereocenters. The number of rotatable bonds is 7. The number of carbonyl (C=O) groups excluding carboxylic acids is 2. The quantitative estimate of drug-likeness (QED) is 0.284. The Morgan fingerprint density at radius 1 is 1.22 bits per heavy atom. The lowest BCUT2D eigenvalue weighted by molar-refractivity contribution is -0.142. The van der Waals surface area contributed by atoms with Gasteiger partial charge in [-0.1, -0.05) is 18.2 Å². The molecule has 2 rings (SSSR count). The second-order valence-corrected chi connectivity index (χ2v) is 6.58. The van der Waals surface area contributed by atoms with Crippen LogP contribution in [-0.2, 0) is 9.53 Å². The minimum absolute atomic E-state index is 0.219. The minimum Gasteiger partial charge on any atom is -0.493 e. The van der Waals surface area contributed by atoms with Crippen molar-refractivity contribution < 1.29 is 23.8 Å². The molecule has 0 spiro atoms. The van der Waals surface area contributed by atoms with E-state index in [0.717, 1.165) is 9.13 Å². The number of hydrogen-bond acceptors (Lipinski definition) is 6. The Morgan fingerprint density at radius 2 is 1.96 bits per heavy atom. The molecule has 0 atom stereocenters. The van der Waals surface area contributed by atoms with Gasteiger partial charge in [0.15, 0.2) is 18.1 Å². The average molecular weight is 482 g/mol. The van der Waals surface area contributed by atoms with E-state index in [1.807, 2.05) is 19.1 Å². The Hall–Kier alpha value is -2.62. The first-order valence-electron chi connectivity index (χ1n) is 7.92. The van der Waals surface area contributed by atoms with Gasteiger partial charge < -0.3 is 14.2 Å². The molecule has 0 radical (unpaired) electrons. The Bertz CT molecular complexity index is 867. The van der Waals surface area contributed by atoms with E-state index in [-0.39, 0.29) is 12.5 Å². The SMILES string of the molecule is COC(=O)COc1c(I)cc(/C=N\NC(=O)c2ccccc2C)cc1OC. The van der Waals surface area contributed by atoms with Gasteiger partial charge in [0.1, 0.15) is 0 Å². The van der Waals surface area contributed by atoms with Gasteiger partial charge >= 0.3 is 5.97 Å². The molecule has 0 aliphatic carbocycles. The highest BCUT2D eigenvalue weighted by atomic mass is 127. The number of esters is 1. The first-order chi connectivity index (χ1) is 13.0. The van der Waals surface area contributed by atoms with E-state index in [0.29, 0.717) is 22.6 Å². The van der Waals surface area contributed by atoms with Crippen LogP contribution >= 0.6 is 22.6 Å². The molecule has 142 valence electrons. The summed E-state index contributed by atoms with van der Waals surface area (Å²) in [6, 6.07) is 10.7. The van der Waals surface area contributed by atoms with Gasteiger partial charge in [-0.25, -0.2) is 10.2 Å². The molecule has 2 aromatic rings. The molecule has 27 heavy (non-hydrogen) atoms. The third kappa shape index (κ3) is 5.68. The number of ether oxygens (including phenoxy) is 3. The Balaban J connectivity index is 2.11. The van der Waals surface area contributed by atoms with Crippen LogP contribution in [0.3, 0.4) is 0 Å². The highest BCUT2D eigenvalue weighted by Gasteiger charge is 2.13. The molecule has 0 saturated heterocycles. The Kier molecular flexibility index (Phi) is 7.59. The van der Waals surface area contributed by atoms with Crippen LogP contribution in [0.4, 0.5) is 0 Å². The number of nitrogens with one attached hydrogen (secondary N) is 1. The first kappa shape index (κ1) is 20.7. The molecule has 2 aromatic carbocycles. The number of methoxy groups -OCH3 is 2. The summed E-state index contributed by atoms with van der Waals surface area (Å²) in [5, 5.41) is 3.99. The van der Waals surface area contributed by atoms with Crippen molar-refractivity contribution in [2.45, 2.75) is 6.92 Å². The molecular weight excluding hydrogens is 463 g/mol. The van der Waals surface area contributed by atoms with Crippen LogP contribution in [0.15, 0.2) is 41.5 Å². The molecule has 0 aromatic heterocycles. The first-order valence-corrected chi connectivity index (χ1v) is 9.00. The predicted octanol–water partition coefficient (Wildman–Crippen LogP) is 2.92. The molecule has 0 heterocycles. The fraction of sp³-hybridized carbons (Fsp3) is 0.211. The van der Waals surface area contributed by atoms with E-state index in [9.17, 15) is 9.59 Å². The summed E-state index contributed by atoms with van der Waals surface area (Å²) in [6.07, 6.45) is 1.50. The minimum atomic E-state index is -0.489. The highest BCUT2D eigenvalue weighted by Crippen LogP contribution is 2.33. The van der Waals surface area contributed by atoms with Crippen LogP contribution in [0.1, 0.15) is 21.5 Å². The van der Waals surface area contributed by atoms with Crippen molar-refractivity contribution in [3.05, 3.63) is 56.7 Å². The van der Waals surface area contributed by atoms with E-state index >= 15 is 0 Å². The molecule has 0 fully saturated rings. The summed E-state index contributed by atoms with van der Waals surface area (Å²) >= 11 is 2.07. The molecule has 7 nitrogen and oxygen atoms in total. The molecule has 8 heteroatoms. The predicted molar refractivity (Wildman–Crippen MR) is 109 cm³/mol. The van der Waals surface area contributed by atoms with Gasteiger partial charge in [-0.2, -0.15) is 5.10 Å². The molecule has 0 bridgehead atoms. The van der Waals surface area contributed by atoms with Crippen LogP contribution in [0, 0.1) is 10.5 Å². The maximum absolute atomic E-state index is 12.2. The third-order valence-electron chi connectivity index (χ3n) is 3.58. The summed E-state index contributed by atoms with van der Waals surface area (Å²) in [7, 11) is 2.79. The lowest BCUT2D eigenvalue weighted by atomic mass is 10.1. The maximum atomic E-state index is 12.2. The van der Waals surface area contributed by atoms with Crippen molar-refractivity contribution in [3.63, 3.8) is 0 Å². The largest absolute Gasteiger partial charge is 0.493 e. The number of aryl methyl sites for hydroxylation is 1. The van der Waals surface area contributed by atoms with Crippen molar-refractivity contribution in [3.8, 4) is 11.5 Å². The Morgan fingerprint density at radius 3 is 2.63 bits per heavy atom. The topological polar surface area (TPSA) is 86.2 Å². The number of hydrogen-bond donors (Lipinski definition) is 1. The van der Waals surface area contributed by atoms with Crippen LogP contribution < -0.4 is 14.9 Å². The van der Waals surface area contributed by atoms with Crippen LogP contribution in [0.5, 0.6) is 11.5 Å². The number of halogens is 1. The molecule has 0 aliphatic rings. The number of carbonyl (C=O) groups is 2. The summed E-state index contributed by atoms with van der Waals surface area (Å²) in [5.74, 6) is 0.100. The van der Waals surface area contributed by atoms with Gasteiger partial charge in [-0.3, -0.25) is 4.79 Å². The monoisotopic (exact) mass is 482 g/mol. The fourth-order valence-corrected chi connectivity index (χ4v) is 2.98. The zero-order valence-electron chi connectivity index (χ0n) is 15.1. The molecule has 0 saturated carbocycles. The molecular formula is C19H19IN2O5. The van der Waals surface area contributed by atoms with E-state index < -0.39 is 5.97 Å². The normalized spacial score (nSPS) is 10.5. The van der Waals surface area contributed by atoms with Crippen LogP contribution in [0.25, 0.3) is 0 Å². The number of amides is 1. The zero-order valence-corrected chi connectivity index (χ0v) is 17.3.